The van der Waals surface area contributed by atoms with Crippen LogP contribution in [0.5, 0.6) is 11.5 Å². The lowest BCUT2D eigenvalue weighted by Gasteiger charge is -2.27. The van der Waals surface area contributed by atoms with E-state index in [2.05, 4.69) is 64.0 Å². The van der Waals surface area contributed by atoms with Crippen LogP contribution in [0, 0.1) is 18.8 Å². The van der Waals surface area contributed by atoms with Gasteiger partial charge in [-0.1, -0.05) is 27.7 Å². The summed E-state index contributed by atoms with van der Waals surface area (Å²) in [6.07, 6.45) is 4.91. The number of anilines is 3. The average molecular weight is 497 g/mol. The predicted molar refractivity (Wildman–Crippen MR) is 147 cm³/mol. The predicted octanol–water partition coefficient (Wildman–Crippen LogP) is 6.03. The maximum Gasteiger partial charge on any atom is 0.160 e. The number of nitrogens with zero attached hydrogens (tertiary/aromatic N) is 7. The summed E-state index contributed by atoms with van der Waals surface area (Å²) in [6.45, 7) is 12.8. The van der Waals surface area contributed by atoms with Crippen LogP contribution in [-0.2, 0) is 0 Å². The molecule has 9 heteroatoms. The number of hydrogen-bond donors (Lipinski definition) is 1. The number of benzene rings is 1. The summed E-state index contributed by atoms with van der Waals surface area (Å²) in [5.41, 5.74) is 4.16. The molecule has 0 saturated heterocycles. The molecule has 5 aromatic rings. The Hall–Kier alpha value is -4.27. The molecule has 0 bridgehead atoms. The van der Waals surface area contributed by atoms with Gasteiger partial charge in [0.1, 0.15) is 35.5 Å². The normalized spacial score (nSPS) is 11.5. The van der Waals surface area contributed by atoms with Gasteiger partial charge >= 0.3 is 0 Å². The number of aryl methyl sites for hydroxylation is 1. The van der Waals surface area contributed by atoms with E-state index in [4.69, 9.17) is 9.72 Å². The third kappa shape index (κ3) is 5.61. The van der Waals surface area contributed by atoms with Crippen molar-refractivity contribution >= 4 is 34.0 Å². The first kappa shape index (κ1) is 24.4. The second-order valence-corrected chi connectivity index (χ2v) is 10.1. The molecule has 0 aliphatic heterocycles. The van der Waals surface area contributed by atoms with Crippen LogP contribution in [0.3, 0.4) is 0 Å². The molecule has 0 atom stereocenters. The van der Waals surface area contributed by atoms with Crippen molar-refractivity contribution in [2.75, 3.05) is 23.3 Å². The number of fused-ring (bicyclic) bond motifs is 2. The minimum absolute atomic E-state index is 0.530. The molecule has 1 N–H and O–H groups in total. The van der Waals surface area contributed by atoms with Crippen molar-refractivity contribution < 1.29 is 4.74 Å². The summed E-state index contributed by atoms with van der Waals surface area (Å²) in [7, 11) is 0. The van der Waals surface area contributed by atoms with Crippen molar-refractivity contribution in [3.05, 3.63) is 66.9 Å². The van der Waals surface area contributed by atoms with Crippen LogP contribution in [0.2, 0.25) is 0 Å². The van der Waals surface area contributed by atoms with Gasteiger partial charge in [0.2, 0.25) is 0 Å². The molecule has 0 radical (unpaired) electrons. The first-order valence-electron chi connectivity index (χ1n) is 12.6. The van der Waals surface area contributed by atoms with Gasteiger partial charge in [0.25, 0.3) is 0 Å². The lowest BCUT2D eigenvalue weighted by Crippen LogP contribution is -2.32. The minimum Gasteiger partial charge on any atom is -0.457 e. The molecular formula is C28H32N8O. The van der Waals surface area contributed by atoms with E-state index in [9.17, 15) is 0 Å². The third-order valence-electron chi connectivity index (χ3n) is 5.88. The van der Waals surface area contributed by atoms with Crippen LogP contribution in [-0.4, -0.2) is 42.6 Å². The SMILES string of the molecule is Cc1cc(Nc2ncnc3ccc(N(CC(C)C)CC(C)C)nc23)ccc1Oc1ccn2ncnc2c1. The van der Waals surface area contributed by atoms with Crippen LogP contribution in [0.4, 0.5) is 17.3 Å². The second-order valence-electron chi connectivity index (χ2n) is 10.1. The molecular weight excluding hydrogens is 464 g/mol. The molecule has 0 spiro atoms. The van der Waals surface area contributed by atoms with Crippen molar-refractivity contribution in [2.45, 2.75) is 34.6 Å². The van der Waals surface area contributed by atoms with Crippen LogP contribution in [0.25, 0.3) is 16.7 Å². The zero-order chi connectivity index (χ0) is 25.9. The molecule has 1 aromatic carbocycles. The van der Waals surface area contributed by atoms with Gasteiger partial charge in [0.05, 0.1) is 5.52 Å². The van der Waals surface area contributed by atoms with E-state index < -0.39 is 0 Å². The van der Waals surface area contributed by atoms with Crippen molar-refractivity contribution in [3.63, 3.8) is 0 Å². The monoisotopic (exact) mass is 496 g/mol. The topological polar surface area (TPSA) is 93.4 Å². The lowest BCUT2D eigenvalue weighted by atomic mass is 10.1. The summed E-state index contributed by atoms with van der Waals surface area (Å²) in [5, 5.41) is 7.56. The van der Waals surface area contributed by atoms with Gasteiger partial charge in [0, 0.05) is 31.0 Å². The fourth-order valence-corrected chi connectivity index (χ4v) is 4.31. The Morgan fingerprint density at radius 3 is 2.49 bits per heavy atom. The van der Waals surface area contributed by atoms with Crippen molar-refractivity contribution in [1.82, 2.24) is 29.5 Å². The first-order valence-corrected chi connectivity index (χ1v) is 12.6. The van der Waals surface area contributed by atoms with E-state index in [0.29, 0.717) is 23.4 Å². The van der Waals surface area contributed by atoms with E-state index in [-0.39, 0.29) is 0 Å². The lowest BCUT2D eigenvalue weighted by molar-refractivity contribution is 0.478. The van der Waals surface area contributed by atoms with E-state index in [1.165, 1.54) is 6.33 Å². The summed E-state index contributed by atoms with van der Waals surface area (Å²) in [4.78, 5) is 20.5. The van der Waals surface area contributed by atoms with Crippen LogP contribution in [0.15, 0.2) is 61.3 Å². The maximum atomic E-state index is 6.11. The van der Waals surface area contributed by atoms with Crippen LogP contribution in [0.1, 0.15) is 33.3 Å². The Morgan fingerprint density at radius 1 is 0.919 bits per heavy atom. The van der Waals surface area contributed by atoms with Gasteiger partial charge in [-0.15, -0.1) is 0 Å². The van der Waals surface area contributed by atoms with Gasteiger partial charge in [-0.25, -0.2) is 24.5 Å². The number of aromatic nitrogens is 6. The van der Waals surface area contributed by atoms with Crippen LogP contribution >= 0.6 is 0 Å². The highest BCUT2D eigenvalue weighted by molar-refractivity contribution is 5.88. The molecule has 37 heavy (non-hydrogen) atoms. The average Bonchev–Trinajstić information content (AvgIpc) is 3.33. The molecule has 0 fully saturated rings. The van der Waals surface area contributed by atoms with Crippen LogP contribution < -0.4 is 15.0 Å². The highest BCUT2D eigenvalue weighted by Crippen LogP contribution is 2.30. The second kappa shape index (κ2) is 10.4. The zero-order valence-corrected chi connectivity index (χ0v) is 21.9. The number of ether oxygens (including phenoxy) is 1. The van der Waals surface area contributed by atoms with E-state index >= 15 is 0 Å². The Morgan fingerprint density at radius 2 is 1.73 bits per heavy atom. The molecule has 190 valence electrons. The largest absolute Gasteiger partial charge is 0.457 e. The Bertz CT molecular complexity index is 1520. The number of nitrogens with one attached hydrogen (secondary N) is 1. The van der Waals surface area contributed by atoms with Crippen molar-refractivity contribution in [3.8, 4) is 11.5 Å². The van der Waals surface area contributed by atoms with Crippen molar-refractivity contribution in [2.24, 2.45) is 11.8 Å². The third-order valence-corrected chi connectivity index (χ3v) is 5.88. The van der Waals surface area contributed by atoms with E-state index in [1.54, 1.807) is 10.8 Å². The zero-order valence-electron chi connectivity index (χ0n) is 21.9. The molecule has 0 unspecified atom stereocenters. The summed E-state index contributed by atoms with van der Waals surface area (Å²) in [6, 6.07) is 13.7. The molecule has 4 heterocycles. The highest BCUT2D eigenvalue weighted by atomic mass is 16.5. The smallest absolute Gasteiger partial charge is 0.160 e. The van der Waals surface area contributed by atoms with Gasteiger partial charge in [0.15, 0.2) is 11.5 Å². The molecule has 0 aliphatic carbocycles. The fourth-order valence-electron chi connectivity index (χ4n) is 4.31. The van der Waals surface area contributed by atoms with Crippen molar-refractivity contribution in [1.29, 1.82) is 0 Å². The highest BCUT2D eigenvalue weighted by Gasteiger charge is 2.15. The molecule has 0 saturated carbocycles. The molecule has 4 aromatic heterocycles. The summed E-state index contributed by atoms with van der Waals surface area (Å²) >= 11 is 0. The minimum atomic E-state index is 0.530. The molecule has 0 amide bonds. The van der Waals surface area contributed by atoms with Gasteiger partial charge in [-0.05, 0) is 60.7 Å². The van der Waals surface area contributed by atoms with Gasteiger partial charge in [-0.3, -0.25) is 0 Å². The molecule has 0 aliphatic rings. The molecule has 5 rings (SSSR count). The quantitative estimate of drug-likeness (QED) is 0.264. The number of rotatable bonds is 9. The molecule has 9 nitrogen and oxygen atoms in total. The first-order chi connectivity index (χ1) is 17.9. The fraction of sp³-hybridized carbons (Fsp3) is 0.321. The number of pyridine rings is 2. The van der Waals surface area contributed by atoms with E-state index in [1.807, 2.05) is 49.5 Å². The summed E-state index contributed by atoms with van der Waals surface area (Å²) < 4.78 is 7.81. The number of hydrogen-bond acceptors (Lipinski definition) is 8. The maximum absolute atomic E-state index is 6.11. The van der Waals surface area contributed by atoms with Gasteiger partial charge < -0.3 is 15.0 Å². The Labute approximate surface area is 216 Å². The van der Waals surface area contributed by atoms with Gasteiger partial charge in [-0.2, -0.15) is 5.10 Å². The van der Waals surface area contributed by atoms with E-state index in [0.717, 1.165) is 52.6 Å². The Balaban J connectivity index is 1.40. The summed E-state index contributed by atoms with van der Waals surface area (Å²) in [5.74, 6) is 4.14. The standard InChI is InChI=1S/C28H32N8O/c1-18(2)14-35(15-19(3)4)25-9-7-23-27(34-25)28(31-16-29-23)33-21-6-8-24(20(5)12-21)37-22-10-11-36-26(13-22)30-17-32-36/h6-13,16-19H,14-15H2,1-5H3,(H,29,31,33). The Kier molecular flexibility index (Phi) is 6.85.